The Morgan fingerprint density at radius 3 is 2.53 bits per heavy atom. The van der Waals surface area contributed by atoms with Crippen LogP contribution in [0.5, 0.6) is 0 Å². The highest BCUT2D eigenvalue weighted by molar-refractivity contribution is 5.93. The van der Waals surface area contributed by atoms with Gasteiger partial charge in [-0.15, -0.1) is 0 Å². The lowest BCUT2D eigenvalue weighted by atomic mass is 10.1. The zero-order valence-corrected chi connectivity index (χ0v) is 11.9. The molecule has 0 amide bonds. The van der Waals surface area contributed by atoms with E-state index in [1.807, 2.05) is 36.4 Å². The summed E-state index contributed by atoms with van der Waals surface area (Å²) in [7, 11) is 0. The van der Waals surface area contributed by atoms with Crippen LogP contribution in [0.3, 0.4) is 0 Å². The Balaban J connectivity index is 2.74. The molecule has 0 aliphatic carbocycles. The van der Waals surface area contributed by atoms with Crippen molar-refractivity contribution in [3.8, 4) is 0 Å². The van der Waals surface area contributed by atoms with Crippen molar-refractivity contribution in [3.05, 3.63) is 41.5 Å². The first-order valence-corrected chi connectivity index (χ1v) is 6.64. The van der Waals surface area contributed by atoms with Crippen LogP contribution in [0.25, 0.3) is 6.08 Å². The maximum Gasteiger partial charge on any atom is 0.336 e. The predicted molar refractivity (Wildman–Crippen MR) is 76.7 cm³/mol. The van der Waals surface area contributed by atoms with E-state index in [2.05, 4.69) is 13.8 Å². The van der Waals surface area contributed by atoms with E-state index in [0.29, 0.717) is 24.7 Å². The van der Waals surface area contributed by atoms with Gasteiger partial charge in [0.15, 0.2) is 0 Å². The van der Waals surface area contributed by atoms with Gasteiger partial charge in [0.1, 0.15) is 0 Å². The summed E-state index contributed by atoms with van der Waals surface area (Å²) in [6, 6.07) is 9.70. The Bertz CT molecular complexity index is 407. The van der Waals surface area contributed by atoms with Crippen molar-refractivity contribution in [3.63, 3.8) is 0 Å². The third kappa shape index (κ3) is 6.20. The van der Waals surface area contributed by atoms with Gasteiger partial charge in [-0.2, -0.15) is 0 Å². The van der Waals surface area contributed by atoms with E-state index >= 15 is 0 Å². The first-order valence-electron chi connectivity index (χ1n) is 6.64. The van der Waals surface area contributed by atoms with Gasteiger partial charge >= 0.3 is 5.97 Å². The number of carbonyl (C=O) groups excluding carboxylic acids is 1. The Labute approximate surface area is 115 Å². The van der Waals surface area contributed by atoms with Crippen LogP contribution >= 0.6 is 0 Å². The molecule has 0 aliphatic heterocycles. The van der Waals surface area contributed by atoms with E-state index in [-0.39, 0.29) is 12.6 Å². The molecule has 1 rings (SSSR count). The molecule has 3 heteroatoms. The number of benzene rings is 1. The molecule has 3 nitrogen and oxygen atoms in total. The van der Waals surface area contributed by atoms with Crippen LogP contribution < -0.4 is 0 Å². The molecular weight excluding hydrogens is 240 g/mol. The number of ether oxygens (including phenoxy) is 2. The van der Waals surface area contributed by atoms with Crippen LogP contribution in [0.1, 0.15) is 26.3 Å². The molecule has 0 aromatic heterocycles. The van der Waals surface area contributed by atoms with Crippen LogP contribution in [0.4, 0.5) is 0 Å². The monoisotopic (exact) mass is 262 g/mol. The van der Waals surface area contributed by atoms with E-state index in [1.54, 1.807) is 6.92 Å². The summed E-state index contributed by atoms with van der Waals surface area (Å²) in [5.74, 6) is 0.135. The van der Waals surface area contributed by atoms with Crippen LogP contribution in [0.15, 0.2) is 35.9 Å². The van der Waals surface area contributed by atoms with Crippen LogP contribution in [0.2, 0.25) is 0 Å². The minimum atomic E-state index is -0.310. The predicted octanol–water partition coefficient (Wildman–Crippen LogP) is 3.31. The number of rotatable bonds is 7. The number of esters is 1. The van der Waals surface area contributed by atoms with Crippen molar-refractivity contribution in [2.75, 3.05) is 19.8 Å². The standard InChI is InChI=1S/C16H22O3/c1-4-19-16(17)15(12-18-11-13(2)3)10-14-8-6-5-7-9-14/h5-10,13H,4,11-12H2,1-3H3. The zero-order valence-electron chi connectivity index (χ0n) is 11.9. The summed E-state index contributed by atoms with van der Waals surface area (Å²) >= 11 is 0. The Morgan fingerprint density at radius 1 is 1.26 bits per heavy atom. The van der Waals surface area contributed by atoms with Gasteiger partial charge in [-0.05, 0) is 24.5 Å². The van der Waals surface area contributed by atoms with Crippen molar-refractivity contribution in [1.82, 2.24) is 0 Å². The van der Waals surface area contributed by atoms with E-state index in [0.717, 1.165) is 5.56 Å². The summed E-state index contributed by atoms with van der Waals surface area (Å²) < 4.78 is 10.6. The maximum atomic E-state index is 11.9. The number of hydrogen-bond donors (Lipinski definition) is 0. The normalized spacial score (nSPS) is 11.7. The molecule has 0 heterocycles. The van der Waals surface area contributed by atoms with Gasteiger partial charge in [0.05, 0.1) is 18.8 Å². The molecule has 0 N–H and O–H groups in total. The van der Waals surface area contributed by atoms with Gasteiger partial charge < -0.3 is 9.47 Å². The summed E-state index contributed by atoms with van der Waals surface area (Å²) in [6.45, 7) is 7.23. The Hall–Kier alpha value is -1.61. The average molecular weight is 262 g/mol. The molecule has 0 atom stereocenters. The summed E-state index contributed by atoms with van der Waals surface area (Å²) in [6.07, 6.45) is 1.82. The molecular formula is C16H22O3. The third-order valence-corrected chi connectivity index (χ3v) is 2.39. The fraction of sp³-hybridized carbons (Fsp3) is 0.438. The zero-order chi connectivity index (χ0) is 14.1. The molecule has 0 fully saturated rings. The van der Waals surface area contributed by atoms with Gasteiger partial charge in [-0.3, -0.25) is 0 Å². The van der Waals surface area contributed by atoms with E-state index in [4.69, 9.17) is 9.47 Å². The molecule has 1 aromatic rings. The van der Waals surface area contributed by atoms with E-state index in [1.165, 1.54) is 0 Å². The molecule has 0 spiro atoms. The fourth-order valence-electron chi connectivity index (χ4n) is 1.54. The third-order valence-electron chi connectivity index (χ3n) is 2.39. The Morgan fingerprint density at radius 2 is 1.95 bits per heavy atom. The van der Waals surface area contributed by atoms with Gasteiger partial charge in [0.25, 0.3) is 0 Å². The highest BCUT2D eigenvalue weighted by atomic mass is 16.5. The quantitative estimate of drug-likeness (QED) is 0.558. The molecule has 0 aliphatic rings. The molecule has 19 heavy (non-hydrogen) atoms. The van der Waals surface area contributed by atoms with Gasteiger partial charge in [0.2, 0.25) is 0 Å². The molecule has 0 unspecified atom stereocenters. The average Bonchev–Trinajstić information content (AvgIpc) is 2.38. The van der Waals surface area contributed by atoms with Crippen LogP contribution in [-0.2, 0) is 14.3 Å². The highest BCUT2D eigenvalue weighted by Crippen LogP contribution is 2.09. The lowest BCUT2D eigenvalue weighted by Crippen LogP contribution is -2.14. The minimum Gasteiger partial charge on any atom is -0.463 e. The second-order valence-corrected chi connectivity index (χ2v) is 4.71. The fourth-order valence-corrected chi connectivity index (χ4v) is 1.54. The molecule has 1 aromatic carbocycles. The van der Waals surface area contributed by atoms with Crippen molar-refractivity contribution in [2.45, 2.75) is 20.8 Å². The van der Waals surface area contributed by atoms with Crippen molar-refractivity contribution in [2.24, 2.45) is 5.92 Å². The topological polar surface area (TPSA) is 35.5 Å². The van der Waals surface area contributed by atoms with Gasteiger partial charge in [-0.1, -0.05) is 44.2 Å². The van der Waals surface area contributed by atoms with Gasteiger partial charge in [0, 0.05) is 6.61 Å². The largest absolute Gasteiger partial charge is 0.463 e. The van der Waals surface area contributed by atoms with Crippen molar-refractivity contribution in [1.29, 1.82) is 0 Å². The number of carbonyl (C=O) groups is 1. The summed E-state index contributed by atoms with van der Waals surface area (Å²) in [5.41, 5.74) is 1.52. The smallest absolute Gasteiger partial charge is 0.336 e. The lowest BCUT2D eigenvalue weighted by Gasteiger charge is -2.10. The molecule has 0 saturated heterocycles. The highest BCUT2D eigenvalue weighted by Gasteiger charge is 2.11. The van der Waals surface area contributed by atoms with E-state index < -0.39 is 0 Å². The van der Waals surface area contributed by atoms with Crippen LogP contribution in [0, 0.1) is 5.92 Å². The molecule has 0 saturated carbocycles. The maximum absolute atomic E-state index is 11.9. The van der Waals surface area contributed by atoms with Gasteiger partial charge in [-0.25, -0.2) is 4.79 Å². The second kappa shape index (κ2) is 8.48. The molecule has 0 radical (unpaired) electrons. The second-order valence-electron chi connectivity index (χ2n) is 4.71. The summed E-state index contributed by atoms with van der Waals surface area (Å²) in [5, 5.41) is 0. The molecule has 104 valence electrons. The lowest BCUT2D eigenvalue weighted by molar-refractivity contribution is -0.139. The van der Waals surface area contributed by atoms with Crippen molar-refractivity contribution >= 4 is 12.0 Å². The molecule has 0 bridgehead atoms. The van der Waals surface area contributed by atoms with Crippen molar-refractivity contribution < 1.29 is 14.3 Å². The SMILES string of the molecule is CCOC(=O)C(=Cc1ccccc1)COCC(C)C. The van der Waals surface area contributed by atoms with E-state index in [9.17, 15) is 4.79 Å². The van der Waals surface area contributed by atoms with Crippen LogP contribution in [-0.4, -0.2) is 25.8 Å². The number of hydrogen-bond acceptors (Lipinski definition) is 3. The first kappa shape index (κ1) is 15.4. The first-order chi connectivity index (χ1) is 9.13. The summed E-state index contributed by atoms with van der Waals surface area (Å²) in [4.78, 5) is 11.9. The Kier molecular flexibility index (Phi) is 6.90. The minimum absolute atomic E-state index is 0.284.